The zero-order valence-electron chi connectivity index (χ0n) is 11.5. The van der Waals surface area contributed by atoms with Crippen LogP contribution in [0.2, 0.25) is 0 Å². The zero-order chi connectivity index (χ0) is 15.2. The summed E-state index contributed by atoms with van der Waals surface area (Å²) in [7, 11) is 0. The molecule has 1 heterocycles. The molecule has 0 atom stereocenters. The van der Waals surface area contributed by atoms with Crippen molar-refractivity contribution < 1.29 is 14.7 Å². The number of hydrogen-bond acceptors (Lipinski definition) is 3. The molecule has 2 amide bonds. The van der Waals surface area contributed by atoms with Gasteiger partial charge in [-0.15, -0.1) is 0 Å². The summed E-state index contributed by atoms with van der Waals surface area (Å²) in [6, 6.07) is 9.40. The summed E-state index contributed by atoms with van der Waals surface area (Å²) in [5.74, 6) is -1.04. The Balaban J connectivity index is 1.91. The normalized spacial score (nSPS) is 9.95. The van der Waals surface area contributed by atoms with Gasteiger partial charge < -0.3 is 15.7 Å². The van der Waals surface area contributed by atoms with E-state index in [9.17, 15) is 9.59 Å². The van der Waals surface area contributed by atoms with E-state index < -0.39 is 12.0 Å². The van der Waals surface area contributed by atoms with E-state index in [1.807, 2.05) is 19.1 Å². The summed E-state index contributed by atoms with van der Waals surface area (Å²) in [5, 5.41) is 14.1. The van der Waals surface area contributed by atoms with Gasteiger partial charge in [0.2, 0.25) is 0 Å². The SMILES string of the molecule is Cc1ccc(CNC(=O)Nc2cccc(C(=O)O)c2)cn1. The monoisotopic (exact) mass is 285 g/mol. The number of benzene rings is 1. The Hall–Kier alpha value is -2.89. The lowest BCUT2D eigenvalue weighted by molar-refractivity contribution is 0.0697. The number of nitrogens with zero attached hydrogens (tertiary/aromatic N) is 1. The highest BCUT2D eigenvalue weighted by molar-refractivity contribution is 5.93. The molecule has 0 aliphatic rings. The van der Waals surface area contributed by atoms with Crippen molar-refractivity contribution >= 4 is 17.7 Å². The molecule has 6 nitrogen and oxygen atoms in total. The molecule has 21 heavy (non-hydrogen) atoms. The Morgan fingerprint density at radius 2 is 2.05 bits per heavy atom. The van der Waals surface area contributed by atoms with Gasteiger partial charge in [0.05, 0.1) is 5.56 Å². The Morgan fingerprint density at radius 1 is 1.24 bits per heavy atom. The molecule has 0 radical (unpaired) electrons. The minimum absolute atomic E-state index is 0.121. The van der Waals surface area contributed by atoms with Gasteiger partial charge in [-0.3, -0.25) is 4.98 Å². The number of carbonyl (C=O) groups excluding carboxylic acids is 1. The van der Waals surface area contributed by atoms with Crippen LogP contribution in [0.25, 0.3) is 0 Å². The quantitative estimate of drug-likeness (QED) is 0.804. The first kappa shape index (κ1) is 14.5. The fourth-order valence-corrected chi connectivity index (χ4v) is 1.69. The maximum atomic E-state index is 11.7. The molecule has 0 aliphatic heterocycles. The van der Waals surface area contributed by atoms with E-state index in [0.29, 0.717) is 12.2 Å². The molecule has 108 valence electrons. The van der Waals surface area contributed by atoms with E-state index in [0.717, 1.165) is 11.3 Å². The molecule has 2 aromatic rings. The largest absolute Gasteiger partial charge is 0.478 e. The van der Waals surface area contributed by atoms with E-state index in [4.69, 9.17) is 5.11 Å². The van der Waals surface area contributed by atoms with E-state index in [1.54, 1.807) is 18.3 Å². The molecule has 1 aromatic carbocycles. The molecule has 0 spiro atoms. The first-order valence-corrected chi connectivity index (χ1v) is 6.34. The van der Waals surface area contributed by atoms with Crippen molar-refractivity contribution in [3.05, 3.63) is 59.4 Å². The summed E-state index contributed by atoms with van der Waals surface area (Å²) < 4.78 is 0. The summed E-state index contributed by atoms with van der Waals surface area (Å²) in [5.41, 5.74) is 2.34. The average molecular weight is 285 g/mol. The van der Waals surface area contributed by atoms with Crippen molar-refractivity contribution in [3.8, 4) is 0 Å². The van der Waals surface area contributed by atoms with Gasteiger partial charge in [0.1, 0.15) is 0 Å². The number of aryl methyl sites for hydroxylation is 1. The first-order valence-electron chi connectivity index (χ1n) is 6.34. The molecule has 0 saturated heterocycles. The Labute approximate surface area is 121 Å². The molecule has 0 aliphatic carbocycles. The van der Waals surface area contributed by atoms with Gasteiger partial charge in [-0.2, -0.15) is 0 Å². The molecule has 0 fully saturated rings. The molecular formula is C15H15N3O3. The molecule has 6 heteroatoms. The van der Waals surface area contributed by atoms with E-state index >= 15 is 0 Å². The number of pyridine rings is 1. The van der Waals surface area contributed by atoms with Crippen LogP contribution in [0.1, 0.15) is 21.6 Å². The van der Waals surface area contributed by atoms with Gasteiger partial charge in [-0.1, -0.05) is 12.1 Å². The second-order valence-corrected chi connectivity index (χ2v) is 4.50. The summed E-state index contributed by atoms with van der Waals surface area (Å²) in [4.78, 5) is 26.7. The van der Waals surface area contributed by atoms with Crippen LogP contribution in [0, 0.1) is 6.92 Å². The van der Waals surface area contributed by atoms with Gasteiger partial charge >= 0.3 is 12.0 Å². The lowest BCUT2D eigenvalue weighted by Crippen LogP contribution is -2.28. The molecule has 0 bridgehead atoms. The summed E-state index contributed by atoms with van der Waals surface area (Å²) >= 11 is 0. The minimum Gasteiger partial charge on any atom is -0.478 e. The van der Waals surface area contributed by atoms with Crippen LogP contribution in [0.3, 0.4) is 0 Å². The van der Waals surface area contributed by atoms with E-state index in [-0.39, 0.29) is 5.56 Å². The fraction of sp³-hybridized carbons (Fsp3) is 0.133. The first-order chi connectivity index (χ1) is 10.0. The fourth-order valence-electron chi connectivity index (χ4n) is 1.69. The standard InChI is InChI=1S/C15H15N3O3/c1-10-5-6-11(8-16-10)9-17-15(21)18-13-4-2-3-12(7-13)14(19)20/h2-8H,9H2,1H3,(H,19,20)(H2,17,18,21). The summed E-state index contributed by atoms with van der Waals surface area (Å²) in [6.45, 7) is 2.23. The van der Waals surface area contributed by atoms with Crippen molar-refractivity contribution in [3.63, 3.8) is 0 Å². The van der Waals surface area contributed by atoms with E-state index in [2.05, 4.69) is 15.6 Å². The second kappa shape index (κ2) is 6.51. The van der Waals surface area contributed by atoms with Gasteiger partial charge in [0, 0.05) is 24.1 Å². The van der Waals surface area contributed by atoms with Crippen LogP contribution in [0.5, 0.6) is 0 Å². The number of carboxylic acid groups (broad SMARTS) is 1. The van der Waals surface area contributed by atoms with Gasteiger partial charge in [0.25, 0.3) is 0 Å². The number of amides is 2. The molecule has 0 saturated carbocycles. The van der Waals surface area contributed by atoms with Crippen LogP contribution < -0.4 is 10.6 Å². The predicted molar refractivity (Wildman–Crippen MR) is 78.2 cm³/mol. The Bertz CT molecular complexity index is 653. The second-order valence-electron chi connectivity index (χ2n) is 4.50. The van der Waals surface area contributed by atoms with Crippen molar-refractivity contribution in [2.24, 2.45) is 0 Å². The highest BCUT2D eigenvalue weighted by atomic mass is 16.4. The van der Waals surface area contributed by atoms with Crippen LogP contribution in [-0.2, 0) is 6.54 Å². The highest BCUT2D eigenvalue weighted by Crippen LogP contribution is 2.10. The molecular weight excluding hydrogens is 270 g/mol. The summed E-state index contributed by atoms with van der Waals surface area (Å²) in [6.07, 6.45) is 1.70. The molecule has 0 unspecified atom stereocenters. The van der Waals surface area contributed by atoms with Crippen LogP contribution >= 0.6 is 0 Å². The van der Waals surface area contributed by atoms with Gasteiger partial charge in [0.15, 0.2) is 0 Å². The van der Waals surface area contributed by atoms with Crippen molar-refractivity contribution in [2.75, 3.05) is 5.32 Å². The molecule has 3 N–H and O–H groups in total. The smallest absolute Gasteiger partial charge is 0.335 e. The third-order valence-electron chi connectivity index (χ3n) is 2.79. The lowest BCUT2D eigenvalue weighted by Gasteiger charge is -2.08. The van der Waals surface area contributed by atoms with Gasteiger partial charge in [-0.05, 0) is 36.8 Å². The minimum atomic E-state index is -1.04. The van der Waals surface area contributed by atoms with Crippen molar-refractivity contribution in [2.45, 2.75) is 13.5 Å². The average Bonchev–Trinajstić information content (AvgIpc) is 2.47. The number of urea groups is 1. The number of rotatable bonds is 4. The number of carbonyl (C=O) groups is 2. The van der Waals surface area contributed by atoms with Gasteiger partial charge in [-0.25, -0.2) is 9.59 Å². The molecule has 1 aromatic heterocycles. The highest BCUT2D eigenvalue weighted by Gasteiger charge is 2.06. The number of aromatic carboxylic acids is 1. The van der Waals surface area contributed by atoms with Crippen LogP contribution in [0.4, 0.5) is 10.5 Å². The number of nitrogens with one attached hydrogen (secondary N) is 2. The third kappa shape index (κ3) is 4.31. The number of carboxylic acids is 1. The topological polar surface area (TPSA) is 91.3 Å². The van der Waals surface area contributed by atoms with Crippen LogP contribution in [-0.4, -0.2) is 22.1 Å². The predicted octanol–water partition coefficient (Wildman–Crippen LogP) is 2.41. The Kier molecular flexibility index (Phi) is 4.50. The maximum absolute atomic E-state index is 11.7. The van der Waals surface area contributed by atoms with Crippen molar-refractivity contribution in [1.82, 2.24) is 10.3 Å². The number of anilines is 1. The van der Waals surface area contributed by atoms with E-state index in [1.165, 1.54) is 12.1 Å². The van der Waals surface area contributed by atoms with Crippen LogP contribution in [0.15, 0.2) is 42.6 Å². The maximum Gasteiger partial charge on any atom is 0.335 e. The zero-order valence-corrected chi connectivity index (χ0v) is 11.5. The Morgan fingerprint density at radius 3 is 2.71 bits per heavy atom. The number of hydrogen-bond donors (Lipinski definition) is 3. The molecule has 2 rings (SSSR count). The van der Waals surface area contributed by atoms with Crippen molar-refractivity contribution in [1.29, 1.82) is 0 Å². The number of aromatic nitrogens is 1. The third-order valence-corrected chi connectivity index (χ3v) is 2.79. The lowest BCUT2D eigenvalue weighted by atomic mass is 10.2.